The van der Waals surface area contributed by atoms with Crippen molar-refractivity contribution in [2.45, 2.75) is 6.92 Å². The van der Waals surface area contributed by atoms with Crippen LogP contribution in [0.2, 0.25) is 0 Å². The predicted molar refractivity (Wildman–Crippen MR) is 80.0 cm³/mol. The van der Waals surface area contributed by atoms with Crippen LogP contribution >= 0.6 is 0 Å². The van der Waals surface area contributed by atoms with Gasteiger partial charge < -0.3 is 9.64 Å². The molecule has 120 valence electrons. The number of ether oxygens (including phenoxy) is 1. The van der Waals surface area contributed by atoms with Crippen LogP contribution in [0.1, 0.15) is 11.1 Å². The van der Waals surface area contributed by atoms with Crippen LogP contribution in [0.3, 0.4) is 0 Å². The summed E-state index contributed by atoms with van der Waals surface area (Å²) in [5, 5.41) is 0. The summed E-state index contributed by atoms with van der Waals surface area (Å²) >= 11 is 0. The SMILES string of the molecule is COc1c(F)c(F)c(C)c2c1N(c1ccc(F)cc1F)CC=C2. The molecule has 0 fully saturated rings. The molecule has 23 heavy (non-hydrogen) atoms. The van der Waals surface area contributed by atoms with Gasteiger partial charge in [0.25, 0.3) is 0 Å². The third-order valence-electron chi connectivity index (χ3n) is 3.84. The molecule has 0 saturated carbocycles. The van der Waals surface area contributed by atoms with Gasteiger partial charge in [0.2, 0.25) is 5.82 Å². The number of rotatable bonds is 2. The van der Waals surface area contributed by atoms with Crippen LogP contribution < -0.4 is 9.64 Å². The van der Waals surface area contributed by atoms with Crippen molar-refractivity contribution in [1.82, 2.24) is 0 Å². The van der Waals surface area contributed by atoms with Crippen LogP contribution in [0.25, 0.3) is 6.08 Å². The summed E-state index contributed by atoms with van der Waals surface area (Å²) in [4.78, 5) is 1.43. The maximum Gasteiger partial charge on any atom is 0.203 e. The van der Waals surface area contributed by atoms with Crippen LogP contribution in [0.5, 0.6) is 5.75 Å². The van der Waals surface area contributed by atoms with Crippen LogP contribution in [0.4, 0.5) is 28.9 Å². The van der Waals surface area contributed by atoms with Crippen molar-refractivity contribution in [3.05, 3.63) is 58.7 Å². The molecule has 6 heteroatoms. The number of hydrogen-bond acceptors (Lipinski definition) is 2. The molecule has 0 atom stereocenters. The Morgan fingerprint density at radius 2 is 1.83 bits per heavy atom. The minimum Gasteiger partial charge on any atom is -0.491 e. The molecule has 3 rings (SSSR count). The number of halogens is 4. The van der Waals surface area contributed by atoms with E-state index in [1.807, 2.05) is 0 Å². The van der Waals surface area contributed by atoms with Gasteiger partial charge in [0.15, 0.2) is 11.6 Å². The molecule has 0 radical (unpaired) electrons. The smallest absolute Gasteiger partial charge is 0.203 e. The fraction of sp³-hybridized carbons (Fsp3) is 0.176. The predicted octanol–water partition coefficient (Wildman–Crippen LogP) is 4.72. The molecule has 0 N–H and O–H groups in total. The van der Waals surface area contributed by atoms with Crippen molar-refractivity contribution in [2.75, 3.05) is 18.6 Å². The van der Waals surface area contributed by atoms with Crippen molar-refractivity contribution in [3.63, 3.8) is 0 Å². The molecule has 0 aliphatic carbocycles. The summed E-state index contributed by atoms with van der Waals surface area (Å²) in [6.45, 7) is 1.65. The van der Waals surface area contributed by atoms with Crippen molar-refractivity contribution in [2.24, 2.45) is 0 Å². The first-order chi connectivity index (χ1) is 11.0. The van der Waals surface area contributed by atoms with Gasteiger partial charge in [-0.2, -0.15) is 4.39 Å². The van der Waals surface area contributed by atoms with Crippen LogP contribution in [0, 0.1) is 30.2 Å². The average molecular weight is 323 g/mol. The Labute approximate surface area is 130 Å². The Morgan fingerprint density at radius 3 is 2.48 bits per heavy atom. The van der Waals surface area contributed by atoms with Crippen LogP contribution in [-0.4, -0.2) is 13.7 Å². The molecule has 1 aliphatic rings. The average Bonchev–Trinajstić information content (AvgIpc) is 2.53. The highest BCUT2D eigenvalue weighted by atomic mass is 19.2. The van der Waals surface area contributed by atoms with E-state index in [0.29, 0.717) is 5.56 Å². The molecule has 2 aromatic rings. The summed E-state index contributed by atoms with van der Waals surface area (Å²) in [6, 6.07) is 3.10. The second-order valence-corrected chi connectivity index (χ2v) is 5.16. The molecule has 0 saturated heterocycles. The van der Waals surface area contributed by atoms with E-state index in [2.05, 4.69) is 0 Å². The normalized spacial score (nSPS) is 13.2. The minimum atomic E-state index is -1.13. The van der Waals surface area contributed by atoms with Crippen molar-refractivity contribution in [3.8, 4) is 5.75 Å². The lowest BCUT2D eigenvalue weighted by atomic mass is 9.99. The Bertz CT molecular complexity index is 817. The highest BCUT2D eigenvalue weighted by molar-refractivity contribution is 5.84. The first kappa shape index (κ1) is 15.4. The molecule has 0 aromatic heterocycles. The van der Waals surface area contributed by atoms with E-state index in [9.17, 15) is 17.6 Å². The molecule has 0 unspecified atom stereocenters. The molecule has 1 aliphatic heterocycles. The van der Waals surface area contributed by atoms with E-state index >= 15 is 0 Å². The van der Waals surface area contributed by atoms with Crippen molar-refractivity contribution >= 4 is 17.5 Å². The quantitative estimate of drug-likeness (QED) is 0.741. The van der Waals surface area contributed by atoms with Gasteiger partial charge in [-0.15, -0.1) is 0 Å². The lowest BCUT2D eigenvalue weighted by molar-refractivity contribution is 0.371. The van der Waals surface area contributed by atoms with E-state index in [1.54, 1.807) is 12.2 Å². The molecular weight excluding hydrogens is 310 g/mol. The molecule has 0 amide bonds. The molecule has 2 nitrogen and oxygen atoms in total. The van der Waals surface area contributed by atoms with Gasteiger partial charge in [-0.25, -0.2) is 13.2 Å². The van der Waals surface area contributed by atoms with E-state index in [0.717, 1.165) is 12.1 Å². The molecule has 2 aromatic carbocycles. The van der Waals surface area contributed by atoms with Gasteiger partial charge in [-0.3, -0.25) is 0 Å². The number of methoxy groups -OCH3 is 1. The fourth-order valence-electron chi connectivity index (χ4n) is 2.73. The third kappa shape index (κ3) is 2.34. The zero-order chi connectivity index (χ0) is 16.7. The highest BCUT2D eigenvalue weighted by Gasteiger charge is 2.29. The lowest BCUT2D eigenvalue weighted by Crippen LogP contribution is -2.23. The summed E-state index contributed by atoms with van der Waals surface area (Å²) in [7, 11) is 1.21. The maximum atomic E-state index is 14.2. The molecule has 0 spiro atoms. The Hall–Kier alpha value is -2.50. The number of nitrogens with zero attached hydrogens (tertiary/aromatic N) is 1. The third-order valence-corrected chi connectivity index (χ3v) is 3.84. The summed E-state index contributed by atoms with van der Waals surface area (Å²) in [6.07, 6.45) is 3.32. The first-order valence-corrected chi connectivity index (χ1v) is 6.90. The van der Waals surface area contributed by atoms with Gasteiger partial charge in [-0.1, -0.05) is 12.2 Å². The lowest BCUT2D eigenvalue weighted by Gasteiger charge is -2.31. The second-order valence-electron chi connectivity index (χ2n) is 5.16. The zero-order valence-corrected chi connectivity index (χ0v) is 12.5. The Balaban J connectivity index is 2.29. The van der Waals surface area contributed by atoms with E-state index in [1.165, 1.54) is 25.0 Å². The monoisotopic (exact) mass is 323 g/mol. The zero-order valence-electron chi connectivity index (χ0n) is 12.5. The standard InChI is InChI=1S/C17H13F4NO/c1-9-11-4-3-7-22(13-6-5-10(18)8-12(13)19)16(11)17(23-2)15(21)14(9)20/h3-6,8H,7H2,1-2H3. The molecule has 1 heterocycles. The molecular formula is C17H13F4NO. The topological polar surface area (TPSA) is 12.5 Å². The summed E-state index contributed by atoms with van der Waals surface area (Å²) in [5.41, 5.74) is 0.773. The van der Waals surface area contributed by atoms with Crippen LogP contribution in [0.15, 0.2) is 24.3 Å². The first-order valence-electron chi connectivity index (χ1n) is 6.90. The van der Waals surface area contributed by atoms with Gasteiger partial charge in [0.1, 0.15) is 11.6 Å². The highest BCUT2D eigenvalue weighted by Crippen LogP contribution is 2.44. The van der Waals surface area contributed by atoms with E-state index < -0.39 is 23.3 Å². The largest absolute Gasteiger partial charge is 0.491 e. The Morgan fingerprint density at radius 1 is 1.09 bits per heavy atom. The number of benzene rings is 2. The maximum absolute atomic E-state index is 14.2. The Kier molecular flexibility index (Phi) is 3.75. The minimum absolute atomic E-state index is 0.0562. The van der Waals surface area contributed by atoms with Crippen LogP contribution in [-0.2, 0) is 0 Å². The van der Waals surface area contributed by atoms with Gasteiger partial charge >= 0.3 is 0 Å². The number of hydrogen-bond donors (Lipinski definition) is 0. The van der Waals surface area contributed by atoms with Gasteiger partial charge in [0.05, 0.1) is 18.5 Å². The summed E-state index contributed by atoms with van der Waals surface area (Å²) in [5.74, 6) is -3.96. The van der Waals surface area contributed by atoms with Gasteiger partial charge in [0, 0.05) is 18.2 Å². The summed E-state index contributed by atoms with van der Waals surface area (Å²) < 4.78 is 60.5. The van der Waals surface area contributed by atoms with E-state index in [4.69, 9.17) is 4.74 Å². The molecule has 0 bridgehead atoms. The van der Waals surface area contributed by atoms with E-state index in [-0.39, 0.29) is 29.2 Å². The number of anilines is 2. The van der Waals surface area contributed by atoms with Crippen molar-refractivity contribution in [1.29, 1.82) is 0 Å². The van der Waals surface area contributed by atoms with Crippen molar-refractivity contribution < 1.29 is 22.3 Å². The fourth-order valence-corrected chi connectivity index (χ4v) is 2.73. The van der Waals surface area contributed by atoms with Gasteiger partial charge in [-0.05, 0) is 24.6 Å². The number of fused-ring (bicyclic) bond motifs is 1. The second kappa shape index (κ2) is 5.61.